The number of carbonyl (C=O) groups is 2. The normalized spacial score (nSPS) is 19.7. The number of nitrogens with zero attached hydrogens (tertiary/aromatic N) is 1. The van der Waals surface area contributed by atoms with Crippen LogP contribution in [0.15, 0.2) is 24.3 Å². The van der Waals surface area contributed by atoms with E-state index in [4.69, 9.17) is 5.11 Å². The minimum absolute atomic E-state index is 0.0286. The van der Waals surface area contributed by atoms with Crippen LogP contribution < -0.4 is 4.90 Å². The maximum atomic E-state index is 12.8. The zero-order valence-corrected chi connectivity index (χ0v) is 10.3. The first kappa shape index (κ1) is 13.0. The van der Waals surface area contributed by atoms with Crippen molar-refractivity contribution in [3.05, 3.63) is 30.1 Å². The lowest BCUT2D eigenvalue weighted by Gasteiger charge is -2.14. The van der Waals surface area contributed by atoms with Crippen LogP contribution in [0.25, 0.3) is 0 Å². The molecular formula is C12H12FNO3S. The smallest absolute Gasteiger partial charge is 0.247 e. The Hall–Kier alpha value is -1.40. The summed E-state index contributed by atoms with van der Waals surface area (Å²) in [6, 6.07) is 5.24. The first-order valence-electron chi connectivity index (χ1n) is 5.48. The van der Waals surface area contributed by atoms with Crippen molar-refractivity contribution in [3.8, 4) is 0 Å². The van der Waals surface area contributed by atoms with Crippen molar-refractivity contribution in [2.75, 3.05) is 17.3 Å². The Labute approximate surface area is 108 Å². The molecule has 0 saturated carbocycles. The fraction of sp³-hybridized carbons (Fsp3) is 0.333. The van der Waals surface area contributed by atoms with Crippen LogP contribution in [0.3, 0.4) is 0 Å². The second kappa shape index (κ2) is 5.49. The van der Waals surface area contributed by atoms with Gasteiger partial charge in [0.25, 0.3) is 0 Å². The van der Waals surface area contributed by atoms with Crippen molar-refractivity contribution in [2.24, 2.45) is 0 Å². The highest BCUT2D eigenvalue weighted by Crippen LogP contribution is 2.29. The van der Waals surface area contributed by atoms with Crippen molar-refractivity contribution < 1.29 is 19.1 Å². The van der Waals surface area contributed by atoms with Crippen molar-refractivity contribution >= 4 is 29.3 Å². The minimum atomic E-state index is -0.449. The molecule has 1 aliphatic rings. The van der Waals surface area contributed by atoms with Gasteiger partial charge in [0.15, 0.2) is 0 Å². The lowest BCUT2D eigenvalue weighted by atomic mass is 10.3. The summed E-state index contributed by atoms with van der Waals surface area (Å²) in [5.74, 6) is -0.586. The Morgan fingerprint density at radius 3 is 2.61 bits per heavy atom. The molecule has 0 spiro atoms. The van der Waals surface area contributed by atoms with E-state index in [9.17, 15) is 14.0 Å². The molecule has 0 aromatic heterocycles. The van der Waals surface area contributed by atoms with Gasteiger partial charge in [-0.1, -0.05) is 0 Å². The van der Waals surface area contributed by atoms with E-state index < -0.39 is 11.1 Å². The lowest BCUT2D eigenvalue weighted by Crippen LogP contribution is -2.31. The lowest BCUT2D eigenvalue weighted by molar-refractivity contribution is -0.121. The number of rotatable bonds is 4. The number of thioether (sulfide) groups is 1. The van der Waals surface area contributed by atoms with E-state index in [1.54, 1.807) is 0 Å². The minimum Gasteiger partial charge on any atom is -0.396 e. The van der Waals surface area contributed by atoms with Crippen LogP contribution in [0, 0.1) is 5.82 Å². The molecule has 0 bridgehead atoms. The van der Waals surface area contributed by atoms with Crippen LogP contribution in [-0.4, -0.2) is 34.5 Å². The molecule has 1 aromatic carbocycles. The molecule has 1 N–H and O–H groups in total. The number of anilines is 1. The zero-order chi connectivity index (χ0) is 13.1. The third kappa shape index (κ3) is 2.54. The Morgan fingerprint density at radius 2 is 2.00 bits per heavy atom. The summed E-state index contributed by atoms with van der Waals surface area (Å²) in [7, 11) is 0. The molecule has 1 atom stereocenters. The fourth-order valence-electron chi connectivity index (χ4n) is 1.79. The molecule has 0 radical (unpaired) electrons. The Balaban J connectivity index is 2.16. The third-order valence-electron chi connectivity index (χ3n) is 2.60. The Bertz CT molecular complexity index is 463. The number of aliphatic hydroxyl groups is 1. The SMILES string of the molecule is O=C1C[C@H](SCCO)C(=O)N1c1ccc(F)cc1. The van der Waals surface area contributed by atoms with Crippen LogP contribution >= 0.6 is 11.8 Å². The second-order valence-corrected chi connectivity index (χ2v) is 5.14. The summed E-state index contributed by atoms with van der Waals surface area (Å²) in [5, 5.41) is 8.27. The van der Waals surface area contributed by atoms with Crippen LogP contribution in [-0.2, 0) is 9.59 Å². The number of hydrogen-bond acceptors (Lipinski definition) is 4. The molecule has 1 aromatic rings. The third-order valence-corrected chi connectivity index (χ3v) is 3.79. The van der Waals surface area contributed by atoms with E-state index in [1.165, 1.54) is 36.0 Å². The van der Waals surface area contributed by atoms with Crippen molar-refractivity contribution in [3.63, 3.8) is 0 Å². The summed E-state index contributed by atoms with van der Waals surface area (Å²) in [5.41, 5.74) is 0.387. The van der Waals surface area contributed by atoms with E-state index in [2.05, 4.69) is 0 Å². The molecule has 1 heterocycles. The van der Waals surface area contributed by atoms with Crippen molar-refractivity contribution in [1.82, 2.24) is 0 Å². The van der Waals surface area contributed by atoms with Gasteiger partial charge in [0.05, 0.1) is 17.5 Å². The molecule has 0 unspecified atom stereocenters. The van der Waals surface area contributed by atoms with E-state index in [0.29, 0.717) is 11.4 Å². The molecule has 0 aliphatic carbocycles. The standard InChI is InChI=1S/C12H12FNO3S/c13-8-1-3-9(4-2-8)14-11(16)7-10(12(14)17)18-6-5-15/h1-4,10,15H,5-7H2/t10-/m0/s1. The number of benzene rings is 1. The van der Waals surface area contributed by atoms with Crippen LogP contribution in [0.1, 0.15) is 6.42 Å². The van der Waals surface area contributed by atoms with Crippen LogP contribution in [0.2, 0.25) is 0 Å². The number of carbonyl (C=O) groups excluding carboxylic acids is 2. The highest BCUT2D eigenvalue weighted by atomic mass is 32.2. The maximum absolute atomic E-state index is 12.8. The molecule has 1 aliphatic heterocycles. The predicted octanol–water partition coefficient (Wildman–Crippen LogP) is 1.18. The largest absolute Gasteiger partial charge is 0.396 e. The van der Waals surface area contributed by atoms with Gasteiger partial charge >= 0.3 is 0 Å². The quantitative estimate of drug-likeness (QED) is 0.834. The Kier molecular flexibility index (Phi) is 3.98. The van der Waals surface area contributed by atoms with Crippen molar-refractivity contribution in [2.45, 2.75) is 11.7 Å². The predicted molar refractivity (Wildman–Crippen MR) is 66.8 cm³/mol. The number of imide groups is 1. The van der Waals surface area contributed by atoms with E-state index in [-0.39, 0.29) is 24.8 Å². The fourth-order valence-corrected chi connectivity index (χ4v) is 2.69. The molecule has 2 amide bonds. The first-order valence-corrected chi connectivity index (χ1v) is 6.53. The molecule has 18 heavy (non-hydrogen) atoms. The molecule has 1 fully saturated rings. The molecule has 1 saturated heterocycles. The van der Waals surface area contributed by atoms with Crippen molar-refractivity contribution in [1.29, 1.82) is 0 Å². The highest BCUT2D eigenvalue weighted by Gasteiger charge is 2.39. The topological polar surface area (TPSA) is 57.6 Å². The summed E-state index contributed by atoms with van der Waals surface area (Å²) in [6.45, 7) is -0.0286. The van der Waals surface area contributed by atoms with Gasteiger partial charge in [-0.15, -0.1) is 11.8 Å². The maximum Gasteiger partial charge on any atom is 0.247 e. The van der Waals surface area contributed by atoms with E-state index in [1.807, 2.05) is 0 Å². The molecule has 6 heteroatoms. The summed E-state index contributed by atoms with van der Waals surface area (Å²) < 4.78 is 12.8. The summed E-state index contributed by atoms with van der Waals surface area (Å²) in [6.07, 6.45) is 0.126. The van der Waals surface area contributed by atoms with Gasteiger partial charge in [-0.25, -0.2) is 9.29 Å². The van der Waals surface area contributed by atoms with E-state index in [0.717, 1.165) is 4.90 Å². The first-order chi connectivity index (χ1) is 8.63. The number of aliphatic hydroxyl groups excluding tert-OH is 1. The zero-order valence-electron chi connectivity index (χ0n) is 9.51. The van der Waals surface area contributed by atoms with Crippen LogP contribution in [0.5, 0.6) is 0 Å². The van der Waals surface area contributed by atoms with Gasteiger partial charge in [0.2, 0.25) is 11.8 Å². The number of halogens is 1. The average Bonchev–Trinajstić information content (AvgIpc) is 2.63. The summed E-state index contributed by atoms with van der Waals surface area (Å²) in [4.78, 5) is 24.9. The molecular weight excluding hydrogens is 257 g/mol. The number of amides is 2. The molecule has 96 valence electrons. The summed E-state index contributed by atoms with van der Waals surface area (Å²) >= 11 is 1.26. The van der Waals surface area contributed by atoms with E-state index >= 15 is 0 Å². The van der Waals surface area contributed by atoms with Gasteiger partial charge in [-0.2, -0.15) is 0 Å². The molecule has 4 nitrogen and oxygen atoms in total. The van der Waals surface area contributed by atoms with Gasteiger partial charge in [-0.05, 0) is 24.3 Å². The van der Waals surface area contributed by atoms with Crippen LogP contribution in [0.4, 0.5) is 10.1 Å². The number of hydrogen-bond donors (Lipinski definition) is 1. The van der Waals surface area contributed by atoms with Gasteiger partial charge in [0.1, 0.15) is 5.82 Å². The highest BCUT2D eigenvalue weighted by molar-refractivity contribution is 8.00. The van der Waals surface area contributed by atoms with Gasteiger partial charge < -0.3 is 5.11 Å². The van der Waals surface area contributed by atoms with Gasteiger partial charge in [-0.3, -0.25) is 9.59 Å². The average molecular weight is 269 g/mol. The Morgan fingerprint density at radius 1 is 1.33 bits per heavy atom. The monoisotopic (exact) mass is 269 g/mol. The molecule has 2 rings (SSSR count). The van der Waals surface area contributed by atoms with Gasteiger partial charge in [0, 0.05) is 12.2 Å². The second-order valence-electron chi connectivity index (χ2n) is 3.83.